The molecule has 0 amide bonds. The largest absolute Gasteiger partial charge is 0.472 e. The van der Waals surface area contributed by atoms with Gasteiger partial charge in [-0.2, -0.15) is 0 Å². The molecule has 3 N–H and O–H groups in total. The first-order valence-corrected chi connectivity index (χ1v) is 28.5. The van der Waals surface area contributed by atoms with E-state index < -0.39 is 32.5 Å². The topological polar surface area (TPSA) is 134 Å². The highest BCUT2D eigenvalue weighted by Crippen LogP contribution is 2.43. The van der Waals surface area contributed by atoms with Gasteiger partial charge in [-0.1, -0.05) is 225 Å². The van der Waals surface area contributed by atoms with Crippen LogP contribution in [0.2, 0.25) is 0 Å². The van der Waals surface area contributed by atoms with Gasteiger partial charge >= 0.3 is 19.8 Å². The molecule has 2 atom stereocenters. The van der Waals surface area contributed by atoms with Crippen molar-refractivity contribution in [3.05, 3.63) is 122 Å². The molecule has 10 heteroatoms. The first kappa shape index (κ1) is 65.4. The standard InChI is InChI=1S/C59H98NO8P/c1-3-5-7-9-11-13-15-17-18-19-20-21-22-23-24-25-26-27-28-29-30-31-32-33-34-35-36-37-38-40-42-44-46-48-50-52-59(62)68-57(56-67-69(63,64)66-54-53-60)55-65-58(61)51-49-47-45-43-41-39-16-14-12-10-8-6-4-2/h5,7,11,13,17-18,20-21,23-24,26-27,29-30,32-33,35-36,38,40,57H,3-4,6,8-10,12,14-16,19,22,25,28,31,34,37,39,41-56,60H2,1-2H3,(H,63,64)/b7-5-,13-11-,18-17-,21-20-,24-23-,27-26-,30-29-,33-32-,36-35-,40-38-. The van der Waals surface area contributed by atoms with Crippen molar-refractivity contribution in [1.29, 1.82) is 0 Å². The van der Waals surface area contributed by atoms with Gasteiger partial charge in [-0.3, -0.25) is 18.6 Å². The summed E-state index contributed by atoms with van der Waals surface area (Å²) >= 11 is 0. The molecule has 0 fully saturated rings. The Morgan fingerprint density at radius 2 is 0.797 bits per heavy atom. The number of unbranched alkanes of at least 4 members (excludes halogenated alkanes) is 16. The highest BCUT2D eigenvalue weighted by atomic mass is 31.2. The quantitative estimate of drug-likeness (QED) is 0.0264. The molecule has 0 saturated heterocycles. The zero-order valence-corrected chi connectivity index (χ0v) is 44.4. The number of allylic oxidation sites excluding steroid dienone is 20. The summed E-state index contributed by atoms with van der Waals surface area (Å²) in [6.45, 7) is 3.58. The lowest BCUT2D eigenvalue weighted by molar-refractivity contribution is -0.161. The summed E-state index contributed by atoms with van der Waals surface area (Å²) < 4.78 is 32.9. The maximum atomic E-state index is 12.7. The predicted molar refractivity (Wildman–Crippen MR) is 293 cm³/mol. The Balaban J connectivity index is 4.09. The molecule has 0 heterocycles. The summed E-state index contributed by atoms with van der Waals surface area (Å²) in [4.78, 5) is 35.0. The number of hydrogen-bond donors (Lipinski definition) is 2. The van der Waals surface area contributed by atoms with Gasteiger partial charge < -0.3 is 20.1 Å². The van der Waals surface area contributed by atoms with E-state index in [0.29, 0.717) is 6.42 Å². The fourth-order valence-electron chi connectivity index (χ4n) is 6.90. The van der Waals surface area contributed by atoms with Crippen LogP contribution in [0.4, 0.5) is 0 Å². The second kappa shape index (κ2) is 53.8. The fourth-order valence-corrected chi connectivity index (χ4v) is 7.66. The minimum absolute atomic E-state index is 0.0437. The van der Waals surface area contributed by atoms with Gasteiger partial charge in [0, 0.05) is 19.4 Å². The van der Waals surface area contributed by atoms with E-state index in [1.807, 2.05) is 0 Å². The SMILES string of the molecule is CC/C=C\C/C=C\C/C=C\C/C=C\C/C=C\C/C=C\C/C=C\C/C=C\C/C=C\C/C=C\CCCCCCC(=O)OC(COC(=O)CCCCCCCCCCCCCCC)COP(=O)(O)OCCN. The molecule has 0 spiro atoms. The average Bonchev–Trinajstić information content (AvgIpc) is 3.34. The number of phosphoric ester groups is 1. The lowest BCUT2D eigenvalue weighted by Crippen LogP contribution is -2.29. The van der Waals surface area contributed by atoms with Crippen molar-refractivity contribution in [3.8, 4) is 0 Å². The van der Waals surface area contributed by atoms with Crippen LogP contribution >= 0.6 is 7.82 Å². The summed E-state index contributed by atoms with van der Waals surface area (Å²) in [5.74, 6) is -0.863. The van der Waals surface area contributed by atoms with E-state index in [2.05, 4.69) is 135 Å². The summed E-state index contributed by atoms with van der Waals surface area (Å²) in [5, 5.41) is 0. The molecule has 0 aliphatic rings. The first-order chi connectivity index (χ1) is 33.8. The van der Waals surface area contributed by atoms with Crippen LogP contribution in [0.15, 0.2) is 122 Å². The molecule has 2 unspecified atom stereocenters. The number of ether oxygens (including phenoxy) is 2. The highest BCUT2D eigenvalue weighted by molar-refractivity contribution is 7.47. The molecule has 0 aromatic carbocycles. The van der Waals surface area contributed by atoms with E-state index in [0.717, 1.165) is 109 Å². The van der Waals surface area contributed by atoms with Crippen molar-refractivity contribution >= 4 is 19.8 Å². The van der Waals surface area contributed by atoms with E-state index in [-0.39, 0.29) is 32.6 Å². The van der Waals surface area contributed by atoms with Crippen molar-refractivity contribution in [3.63, 3.8) is 0 Å². The highest BCUT2D eigenvalue weighted by Gasteiger charge is 2.26. The third kappa shape index (κ3) is 53.6. The maximum absolute atomic E-state index is 12.7. The van der Waals surface area contributed by atoms with E-state index in [4.69, 9.17) is 24.3 Å². The van der Waals surface area contributed by atoms with Crippen LogP contribution in [0.3, 0.4) is 0 Å². The van der Waals surface area contributed by atoms with E-state index >= 15 is 0 Å². The number of rotatable bonds is 49. The number of nitrogens with two attached hydrogens (primary N) is 1. The van der Waals surface area contributed by atoms with Crippen LogP contribution < -0.4 is 5.73 Å². The summed E-state index contributed by atoms with van der Waals surface area (Å²) in [5.41, 5.74) is 5.36. The van der Waals surface area contributed by atoms with Gasteiger partial charge in [-0.25, -0.2) is 4.57 Å². The first-order valence-electron chi connectivity index (χ1n) is 27.0. The van der Waals surface area contributed by atoms with Crippen LogP contribution in [-0.2, 0) is 32.7 Å². The van der Waals surface area contributed by atoms with E-state index in [1.165, 1.54) is 64.2 Å². The smallest absolute Gasteiger partial charge is 0.462 e. The molecule has 392 valence electrons. The second-order valence-corrected chi connectivity index (χ2v) is 18.8. The summed E-state index contributed by atoms with van der Waals surface area (Å²) in [6.07, 6.45) is 73.9. The van der Waals surface area contributed by atoms with Crippen molar-refractivity contribution in [2.75, 3.05) is 26.4 Å². The van der Waals surface area contributed by atoms with Gasteiger partial charge in [0.25, 0.3) is 0 Å². The average molecular weight is 980 g/mol. The number of esters is 2. The maximum Gasteiger partial charge on any atom is 0.472 e. The predicted octanol–water partition coefficient (Wildman–Crippen LogP) is 16.8. The zero-order chi connectivity index (χ0) is 50.2. The van der Waals surface area contributed by atoms with Gasteiger partial charge in [0.05, 0.1) is 13.2 Å². The molecule has 0 aliphatic heterocycles. The third-order valence-electron chi connectivity index (χ3n) is 10.9. The lowest BCUT2D eigenvalue weighted by atomic mass is 10.0. The monoisotopic (exact) mass is 980 g/mol. The van der Waals surface area contributed by atoms with E-state index in [9.17, 15) is 19.0 Å². The summed E-state index contributed by atoms with van der Waals surface area (Å²) in [6, 6.07) is 0. The molecule has 0 radical (unpaired) electrons. The minimum atomic E-state index is -4.40. The zero-order valence-electron chi connectivity index (χ0n) is 43.5. The lowest BCUT2D eigenvalue weighted by Gasteiger charge is -2.19. The Bertz CT molecular complexity index is 1540. The number of carbonyl (C=O) groups is 2. The molecule has 0 bridgehead atoms. The van der Waals surface area contributed by atoms with Crippen LogP contribution in [0, 0.1) is 0 Å². The van der Waals surface area contributed by atoms with Gasteiger partial charge in [0.2, 0.25) is 0 Å². The molecule has 0 aromatic rings. The molecule has 0 saturated carbocycles. The molecular weight excluding hydrogens is 882 g/mol. The van der Waals surface area contributed by atoms with E-state index in [1.54, 1.807) is 0 Å². The van der Waals surface area contributed by atoms with Crippen molar-refractivity contribution in [2.24, 2.45) is 5.73 Å². The Morgan fingerprint density at radius 1 is 0.449 bits per heavy atom. The van der Waals surface area contributed by atoms with Gasteiger partial charge in [-0.15, -0.1) is 0 Å². The molecule has 9 nitrogen and oxygen atoms in total. The van der Waals surface area contributed by atoms with Crippen LogP contribution in [0.5, 0.6) is 0 Å². The van der Waals surface area contributed by atoms with Crippen molar-refractivity contribution < 1.29 is 37.6 Å². The molecule has 0 aromatic heterocycles. The third-order valence-corrected chi connectivity index (χ3v) is 11.8. The van der Waals surface area contributed by atoms with Crippen molar-refractivity contribution in [1.82, 2.24) is 0 Å². The van der Waals surface area contributed by atoms with Crippen LogP contribution in [0.25, 0.3) is 0 Å². The Labute approximate surface area is 421 Å². The van der Waals surface area contributed by atoms with Gasteiger partial charge in [0.1, 0.15) is 6.61 Å². The number of hydrogen-bond acceptors (Lipinski definition) is 8. The van der Waals surface area contributed by atoms with Crippen LogP contribution in [0.1, 0.15) is 206 Å². The Hall–Kier alpha value is -3.59. The molecule has 0 rings (SSSR count). The normalized spacial score (nSPS) is 14.1. The fraction of sp³-hybridized carbons (Fsp3) is 0.627. The number of carbonyl (C=O) groups excluding carboxylic acids is 2. The Kier molecular flexibility index (Phi) is 51.0. The van der Waals surface area contributed by atoms with Crippen LogP contribution in [-0.4, -0.2) is 49.3 Å². The Morgan fingerprint density at radius 3 is 1.19 bits per heavy atom. The second-order valence-electron chi connectivity index (χ2n) is 17.4. The number of phosphoric acid groups is 1. The minimum Gasteiger partial charge on any atom is -0.462 e. The molecular formula is C59H98NO8P. The molecule has 69 heavy (non-hydrogen) atoms. The van der Waals surface area contributed by atoms with Crippen molar-refractivity contribution in [2.45, 2.75) is 213 Å². The van der Waals surface area contributed by atoms with Gasteiger partial charge in [-0.05, 0) is 89.9 Å². The van der Waals surface area contributed by atoms with Gasteiger partial charge in [0.15, 0.2) is 6.10 Å². The molecule has 0 aliphatic carbocycles. The summed E-state index contributed by atoms with van der Waals surface area (Å²) in [7, 11) is -4.40.